The van der Waals surface area contributed by atoms with Crippen molar-refractivity contribution in [2.75, 3.05) is 0 Å². The molecule has 0 fully saturated rings. The summed E-state index contributed by atoms with van der Waals surface area (Å²) in [5.41, 5.74) is 8.25. The van der Waals surface area contributed by atoms with Crippen molar-refractivity contribution >= 4 is 21.8 Å². The second-order valence-electron chi connectivity index (χ2n) is 10.5. The second-order valence-corrected chi connectivity index (χ2v) is 10.5. The molecule has 0 spiro atoms. The van der Waals surface area contributed by atoms with Gasteiger partial charge in [0, 0.05) is 22.5 Å². The number of phenols is 1. The van der Waals surface area contributed by atoms with Gasteiger partial charge < -0.3 is 5.11 Å². The van der Waals surface area contributed by atoms with Crippen LogP contribution in [0.15, 0.2) is 97.2 Å². The lowest BCUT2D eigenvalue weighted by molar-refractivity contribution is 0.477. The van der Waals surface area contributed by atoms with Crippen LogP contribution < -0.4 is 0 Å². The highest BCUT2D eigenvalue weighted by Crippen LogP contribution is 2.41. The zero-order valence-electron chi connectivity index (χ0n) is 22.2. The first kappa shape index (κ1) is 23.9. The number of aromatic nitrogens is 3. The van der Waals surface area contributed by atoms with Gasteiger partial charge in [0.05, 0.1) is 22.4 Å². The molecule has 3 aromatic heterocycles. The van der Waals surface area contributed by atoms with E-state index in [0.717, 1.165) is 39.4 Å². The van der Waals surface area contributed by atoms with Crippen LogP contribution in [0.5, 0.6) is 5.75 Å². The fourth-order valence-electron chi connectivity index (χ4n) is 5.32. The molecule has 6 rings (SSSR count). The Kier molecular flexibility index (Phi) is 5.96. The Morgan fingerprint density at radius 1 is 0.658 bits per heavy atom. The highest BCUT2D eigenvalue weighted by Gasteiger charge is 2.20. The van der Waals surface area contributed by atoms with Crippen molar-refractivity contribution in [3.63, 3.8) is 0 Å². The molecule has 6 aromatic rings. The van der Waals surface area contributed by atoms with Gasteiger partial charge in [0.1, 0.15) is 11.6 Å². The zero-order chi connectivity index (χ0) is 26.4. The maximum Gasteiger partial charge on any atom is 0.138 e. The average Bonchev–Trinajstić information content (AvgIpc) is 3.26. The van der Waals surface area contributed by atoms with Crippen molar-refractivity contribution in [1.29, 1.82) is 0 Å². The van der Waals surface area contributed by atoms with Crippen molar-refractivity contribution in [2.24, 2.45) is 0 Å². The van der Waals surface area contributed by atoms with E-state index in [4.69, 9.17) is 4.98 Å². The van der Waals surface area contributed by atoms with Crippen molar-refractivity contribution in [1.82, 2.24) is 14.5 Å². The molecule has 0 aliphatic heterocycles. The van der Waals surface area contributed by atoms with E-state index < -0.39 is 0 Å². The molecule has 38 heavy (non-hydrogen) atoms. The van der Waals surface area contributed by atoms with E-state index in [9.17, 15) is 5.11 Å². The molecular weight excluding hydrogens is 466 g/mol. The molecule has 0 radical (unpaired) electrons. The van der Waals surface area contributed by atoms with Crippen LogP contribution in [0.4, 0.5) is 0 Å². The van der Waals surface area contributed by atoms with Crippen LogP contribution in [0, 0.1) is 0 Å². The van der Waals surface area contributed by atoms with Gasteiger partial charge in [0.25, 0.3) is 0 Å². The number of pyridine rings is 2. The largest absolute Gasteiger partial charge is 0.507 e. The predicted octanol–water partition coefficient (Wildman–Crippen LogP) is 8.86. The Morgan fingerprint density at radius 3 is 2.16 bits per heavy atom. The number of rotatable bonds is 5. The fraction of sp³-hybridized carbons (Fsp3) is 0.176. The minimum absolute atomic E-state index is 0.284. The molecule has 4 heteroatoms. The van der Waals surface area contributed by atoms with Gasteiger partial charge in [-0.05, 0) is 83.1 Å². The van der Waals surface area contributed by atoms with Gasteiger partial charge in [-0.2, -0.15) is 0 Å². The number of hydrogen-bond donors (Lipinski definition) is 1. The number of nitrogens with zero attached hydrogens (tertiary/aromatic N) is 3. The molecule has 3 aromatic carbocycles. The number of aromatic hydroxyl groups is 1. The van der Waals surface area contributed by atoms with Crippen molar-refractivity contribution in [3.8, 4) is 34.1 Å². The van der Waals surface area contributed by atoms with Crippen LogP contribution in [0.25, 0.3) is 50.1 Å². The lowest BCUT2D eigenvalue weighted by Gasteiger charge is -2.16. The third kappa shape index (κ3) is 4.03. The molecule has 0 bridgehead atoms. The summed E-state index contributed by atoms with van der Waals surface area (Å²) in [6, 6.07) is 30.9. The molecule has 0 saturated heterocycles. The molecule has 4 nitrogen and oxygen atoms in total. The van der Waals surface area contributed by atoms with Crippen LogP contribution in [0.3, 0.4) is 0 Å². The fourth-order valence-corrected chi connectivity index (χ4v) is 5.32. The second kappa shape index (κ2) is 9.46. The highest BCUT2D eigenvalue weighted by atomic mass is 16.3. The summed E-state index contributed by atoms with van der Waals surface area (Å²) in [5, 5.41) is 13.2. The first-order valence-electron chi connectivity index (χ1n) is 13.2. The predicted molar refractivity (Wildman–Crippen MR) is 157 cm³/mol. The smallest absolute Gasteiger partial charge is 0.138 e. The average molecular weight is 498 g/mol. The summed E-state index contributed by atoms with van der Waals surface area (Å²) in [6.45, 7) is 8.88. The first-order valence-corrected chi connectivity index (χ1v) is 13.2. The molecule has 0 aliphatic carbocycles. The number of benzene rings is 3. The summed E-state index contributed by atoms with van der Waals surface area (Å²) in [4.78, 5) is 9.59. The summed E-state index contributed by atoms with van der Waals surface area (Å²) >= 11 is 0. The van der Waals surface area contributed by atoms with Crippen LogP contribution in [0.2, 0.25) is 0 Å². The Morgan fingerprint density at radius 2 is 1.42 bits per heavy atom. The van der Waals surface area contributed by atoms with Gasteiger partial charge in [-0.25, -0.2) is 4.98 Å². The van der Waals surface area contributed by atoms with Gasteiger partial charge in [0.15, 0.2) is 0 Å². The summed E-state index contributed by atoms with van der Waals surface area (Å²) in [7, 11) is 0. The van der Waals surface area contributed by atoms with Gasteiger partial charge >= 0.3 is 0 Å². The Balaban J connectivity index is 1.71. The maximum absolute atomic E-state index is 10.8. The van der Waals surface area contributed by atoms with Gasteiger partial charge in [0.2, 0.25) is 0 Å². The van der Waals surface area contributed by atoms with Crippen LogP contribution in [0.1, 0.15) is 50.7 Å². The first-order chi connectivity index (χ1) is 18.4. The van der Waals surface area contributed by atoms with Crippen LogP contribution in [-0.4, -0.2) is 19.6 Å². The molecule has 0 saturated carbocycles. The Hall–Kier alpha value is -4.44. The molecule has 0 aliphatic rings. The molecule has 1 N–H and O–H groups in total. The van der Waals surface area contributed by atoms with E-state index in [0.29, 0.717) is 5.92 Å². The Bertz CT molecular complexity index is 1780. The topological polar surface area (TPSA) is 50.9 Å². The lowest BCUT2D eigenvalue weighted by Crippen LogP contribution is -2.00. The van der Waals surface area contributed by atoms with Crippen LogP contribution in [-0.2, 0) is 0 Å². The standard InChI is InChI=1S/C34H31N3O/c1-21(2)23-15-16-31-27(18-23)28-19-25(22(3)4)26(24-10-5-6-13-33(24)38)20-32(28)37(31)34-14-9-12-30(36-34)29-11-7-8-17-35-29/h5-22,38H,1-4H3. The Labute approximate surface area is 223 Å². The summed E-state index contributed by atoms with van der Waals surface area (Å²) in [6.07, 6.45) is 1.80. The molecule has 0 atom stereocenters. The monoisotopic (exact) mass is 497 g/mol. The van der Waals surface area contributed by atoms with E-state index >= 15 is 0 Å². The zero-order valence-corrected chi connectivity index (χ0v) is 22.2. The third-order valence-corrected chi connectivity index (χ3v) is 7.33. The summed E-state index contributed by atoms with van der Waals surface area (Å²) < 4.78 is 2.24. The minimum Gasteiger partial charge on any atom is -0.507 e. The molecule has 3 heterocycles. The van der Waals surface area contributed by atoms with Gasteiger partial charge in [-0.3, -0.25) is 9.55 Å². The SMILES string of the molecule is CC(C)c1ccc2c(c1)c1cc(C(C)C)c(-c3ccccc3O)cc1n2-c1cccc(-c2ccccn2)n1. The van der Waals surface area contributed by atoms with Gasteiger partial charge in [-0.15, -0.1) is 0 Å². The highest BCUT2D eigenvalue weighted by molar-refractivity contribution is 6.11. The summed E-state index contributed by atoms with van der Waals surface area (Å²) in [5.74, 6) is 1.83. The normalized spacial score (nSPS) is 11.7. The number of fused-ring (bicyclic) bond motifs is 3. The van der Waals surface area contributed by atoms with E-state index in [-0.39, 0.29) is 11.7 Å². The van der Waals surface area contributed by atoms with Crippen molar-refractivity contribution < 1.29 is 5.11 Å². The quantitative estimate of drug-likeness (QED) is 0.259. The van der Waals surface area contributed by atoms with E-state index in [1.807, 2.05) is 48.5 Å². The molecule has 0 unspecified atom stereocenters. The number of phenolic OH excluding ortho intramolecular Hbond substituents is 1. The van der Waals surface area contributed by atoms with Crippen molar-refractivity contribution in [2.45, 2.75) is 39.5 Å². The van der Waals surface area contributed by atoms with Crippen LogP contribution >= 0.6 is 0 Å². The minimum atomic E-state index is 0.284. The maximum atomic E-state index is 10.8. The van der Waals surface area contributed by atoms with E-state index in [2.05, 4.69) is 73.6 Å². The van der Waals surface area contributed by atoms with E-state index in [1.54, 1.807) is 12.3 Å². The molecule has 188 valence electrons. The lowest BCUT2D eigenvalue weighted by atomic mass is 9.90. The van der Waals surface area contributed by atoms with E-state index in [1.165, 1.54) is 21.9 Å². The third-order valence-electron chi connectivity index (χ3n) is 7.33. The van der Waals surface area contributed by atoms with Gasteiger partial charge in [-0.1, -0.05) is 64.1 Å². The number of hydrogen-bond acceptors (Lipinski definition) is 3. The number of para-hydroxylation sites is 1. The molecular formula is C34H31N3O. The molecule has 0 amide bonds. The van der Waals surface area contributed by atoms with Crippen molar-refractivity contribution in [3.05, 3.63) is 108 Å².